The average Bonchev–Trinajstić information content (AvgIpc) is 1.94. The van der Waals surface area contributed by atoms with Crippen LogP contribution in [0.4, 0.5) is 0 Å². The van der Waals surface area contributed by atoms with Gasteiger partial charge in [0.25, 0.3) is 0 Å². The second-order valence-electron chi connectivity index (χ2n) is 6.16. The van der Waals surface area contributed by atoms with Crippen molar-refractivity contribution in [1.82, 2.24) is 0 Å². The van der Waals surface area contributed by atoms with Crippen LogP contribution < -0.4 is 0 Å². The van der Waals surface area contributed by atoms with E-state index in [1.165, 1.54) is 12.8 Å². The van der Waals surface area contributed by atoms with Crippen molar-refractivity contribution in [1.29, 1.82) is 0 Å². The summed E-state index contributed by atoms with van der Waals surface area (Å²) in [4.78, 5) is 0. The minimum atomic E-state index is 0.327. The van der Waals surface area contributed by atoms with Gasteiger partial charge in [0.2, 0.25) is 0 Å². The highest BCUT2D eigenvalue weighted by Crippen LogP contribution is 2.39. The lowest BCUT2D eigenvalue weighted by Gasteiger charge is -2.32. The van der Waals surface area contributed by atoms with E-state index in [4.69, 9.17) is 0 Å². The van der Waals surface area contributed by atoms with E-state index >= 15 is 0 Å². The molecule has 0 spiro atoms. The summed E-state index contributed by atoms with van der Waals surface area (Å²) in [6.45, 7) is 18.5. The van der Waals surface area contributed by atoms with Crippen molar-refractivity contribution < 1.29 is 0 Å². The van der Waals surface area contributed by atoms with Gasteiger partial charge in [0.05, 0.1) is 0 Å². The van der Waals surface area contributed by atoms with Crippen LogP contribution in [0.15, 0.2) is 11.1 Å². The van der Waals surface area contributed by atoms with Crippen LogP contribution in [-0.4, -0.2) is 0 Å². The first-order valence-corrected chi connectivity index (χ1v) is 5.87. The molecule has 0 saturated carbocycles. The van der Waals surface area contributed by atoms with E-state index in [1.807, 2.05) is 0 Å². The van der Waals surface area contributed by atoms with Crippen LogP contribution in [0.3, 0.4) is 0 Å². The van der Waals surface area contributed by atoms with E-state index in [1.54, 1.807) is 11.1 Å². The van der Waals surface area contributed by atoms with Gasteiger partial charge in [0.15, 0.2) is 0 Å². The van der Waals surface area contributed by atoms with Gasteiger partial charge >= 0.3 is 0 Å². The van der Waals surface area contributed by atoms with Gasteiger partial charge in [-0.25, -0.2) is 0 Å². The molecule has 0 aromatic heterocycles. The minimum absolute atomic E-state index is 0.327. The molecule has 0 aliphatic rings. The maximum Gasteiger partial charge on any atom is -0.0170 e. The Labute approximate surface area is 90.8 Å². The van der Waals surface area contributed by atoms with Gasteiger partial charge in [-0.1, -0.05) is 66.5 Å². The van der Waals surface area contributed by atoms with E-state index in [0.29, 0.717) is 10.8 Å². The Balaban J connectivity index is 5.36. The molecule has 0 atom stereocenters. The van der Waals surface area contributed by atoms with Crippen molar-refractivity contribution in [2.24, 2.45) is 10.8 Å². The molecule has 0 unspecified atom stereocenters. The Hall–Kier alpha value is -0.260. The normalized spacial score (nSPS) is 15.4. The molecule has 0 aliphatic heterocycles. The smallest absolute Gasteiger partial charge is 0.0170 e. The van der Waals surface area contributed by atoms with E-state index in [2.05, 4.69) is 55.4 Å². The second kappa shape index (κ2) is 4.51. The zero-order chi connectivity index (χ0) is 11.6. The van der Waals surface area contributed by atoms with Gasteiger partial charge in [0.1, 0.15) is 0 Å². The quantitative estimate of drug-likeness (QED) is 0.533. The van der Waals surface area contributed by atoms with Crippen LogP contribution in [0.25, 0.3) is 0 Å². The Kier molecular flexibility index (Phi) is 4.42. The summed E-state index contributed by atoms with van der Waals surface area (Å²) in [5.74, 6) is 0. The first-order valence-electron chi connectivity index (χ1n) is 5.87. The largest absolute Gasteiger partial charge is 0.0654 e. The van der Waals surface area contributed by atoms with E-state index in [9.17, 15) is 0 Å². The van der Waals surface area contributed by atoms with Crippen LogP contribution in [0, 0.1) is 10.8 Å². The van der Waals surface area contributed by atoms with Crippen LogP contribution in [0.2, 0.25) is 0 Å². The maximum absolute atomic E-state index is 2.33. The van der Waals surface area contributed by atoms with Gasteiger partial charge in [-0.05, 0) is 23.7 Å². The minimum Gasteiger partial charge on any atom is -0.0654 e. The van der Waals surface area contributed by atoms with Crippen molar-refractivity contribution in [2.45, 2.75) is 68.2 Å². The van der Waals surface area contributed by atoms with E-state index in [-0.39, 0.29) is 0 Å². The van der Waals surface area contributed by atoms with Gasteiger partial charge in [-0.3, -0.25) is 0 Å². The Bertz CT molecular complexity index is 181. The summed E-state index contributed by atoms with van der Waals surface area (Å²) in [6, 6.07) is 0. The Morgan fingerprint density at radius 1 is 0.643 bits per heavy atom. The maximum atomic E-state index is 2.33. The molecule has 0 aromatic carbocycles. The third kappa shape index (κ3) is 3.48. The summed E-state index contributed by atoms with van der Waals surface area (Å²) < 4.78 is 0. The molecule has 0 radical (unpaired) electrons. The number of rotatable bonds is 2. The lowest BCUT2D eigenvalue weighted by molar-refractivity contribution is 0.424. The number of hydrogen-bond donors (Lipinski definition) is 0. The molecule has 0 aromatic rings. The molecule has 0 N–H and O–H groups in total. The summed E-state index contributed by atoms with van der Waals surface area (Å²) in [6.07, 6.45) is 2.37. The molecule has 0 heteroatoms. The Morgan fingerprint density at radius 2 is 0.857 bits per heavy atom. The van der Waals surface area contributed by atoms with Crippen LogP contribution in [-0.2, 0) is 0 Å². The summed E-state index contributed by atoms with van der Waals surface area (Å²) in [5.41, 5.74) is 3.95. The molecule has 0 amide bonds. The highest BCUT2D eigenvalue weighted by atomic mass is 14.3. The predicted octanol–water partition coefficient (Wildman–Crippen LogP) is 5.20. The monoisotopic (exact) mass is 196 g/mol. The molecular weight excluding hydrogens is 168 g/mol. The molecule has 14 heavy (non-hydrogen) atoms. The molecular formula is C14H28. The van der Waals surface area contributed by atoms with E-state index < -0.39 is 0 Å². The lowest BCUT2D eigenvalue weighted by Crippen LogP contribution is -2.19. The van der Waals surface area contributed by atoms with Crippen molar-refractivity contribution in [3.63, 3.8) is 0 Å². The van der Waals surface area contributed by atoms with Crippen molar-refractivity contribution in [2.75, 3.05) is 0 Å². The molecule has 84 valence electrons. The van der Waals surface area contributed by atoms with Crippen LogP contribution in [0.1, 0.15) is 68.2 Å². The van der Waals surface area contributed by atoms with Crippen LogP contribution in [0.5, 0.6) is 0 Å². The van der Waals surface area contributed by atoms with Crippen molar-refractivity contribution in [3.8, 4) is 0 Å². The zero-order valence-corrected chi connectivity index (χ0v) is 11.4. The SMILES string of the molecule is CC/C(=C(\CC)C(C)(C)C)C(C)(C)C. The molecule has 0 saturated heterocycles. The second-order valence-corrected chi connectivity index (χ2v) is 6.16. The number of allylic oxidation sites excluding steroid dienone is 2. The van der Waals surface area contributed by atoms with Crippen LogP contribution >= 0.6 is 0 Å². The fraction of sp³-hybridized carbons (Fsp3) is 0.857. The zero-order valence-electron chi connectivity index (χ0n) is 11.4. The standard InChI is InChI=1S/C14H28/c1-9-11(13(3,4)5)12(10-2)14(6,7)8/h9-10H2,1-8H3/b12-11-. The van der Waals surface area contributed by atoms with Gasteiger partial charge in [0, 0.05) is 0 Å². The summed E-state index contributed by atoms with van der Waals surface area (Å²) in [7, 11) is 0. The molecule has 0 nitrogen and oxygen atoms in total. The van der Waals surface area contributed by atoms with Crippen molar-refractivity contribution >= 4 is 0 Å². The fourth-order valence-electron chi connectivity index (χ4n) is 2.39. The first-order chi connectivity index (χ1) is 6.14. The van der Waals surface area contributed by atoms with Gasteiger partial charge < -0.3 is 0 Å². The lowest BCUT2D eigenvalue weighted by atomic mass is 9.73. The topological polar surface area (TPSA) is 0 Å². The van der Waals surface area contributed by atoms with Gasteiger partial charge in [-0.2, -0.15) is 0 Å². The Morgan fingerprint density at radius 3 is 0.929 bits per heavy atom. The van der Waals surface area contributed by atoms with E-state index in [0.717, 1.165) is 0 Å². The molecule has 0 bridgehead atoms. The molecule has 0 aliphatic carbocycles. The number of hydrogen-bond acceptors (Lipinski definition) is 0. The summed E-state index contributed by atoms with van der Waals surface area (Å²) >= 11 is 0. The molecule has 0 fully saturated rings. The first kappa shape index (κ1) is 13.7. The third-order valence-electron chi connectivity index (χ3n) is 2.88. The average molecular weight is 196 g/mol. The molecule has 0 rings (SSSR count). The molecule has 0 heterocycles. The highest BCUT2D eigenvalue weighted by molar-refractivity contribution is 5.24. The van der Waals surface area contributed by atoms with Gasteiger partial charge in [-0.15, -0.1) is 0 Å². The summed E-state index contributed by atoms with van der Waals surface area (Å²) in [5, 5.41) is 0. The third-order valence-corrected chi connectivity index (χ3v) is 2.88. The fourth-order valence-corrected chi connectivity index (χ4v) is 2.39. The van der Waals surface area contributed by atoms with Crippen molar-refractivity contribution in [3.05, 3.63) is 11.1 Å². The highest BCUT2D eigenvalue weighted by Gasteiger charge is 2.25. The predicted molar refractivity (Wildman–Crippen MR) is 66.5 cm³/mol.